The van der Waals surface area contributed by atoms with Gasteiger partial charge in [-0.15, -0.1) is 11.8 Å². The van der Waals surface area contributed by atoms with Gasteiger partial charge in [0.1, 0.15) is 29.1 Å². The average Bonchev–Trinajstić information content (AvgIpc) is 3.06. The van der Waals surface area contributed by atoms with Crippen LogP contribution in [0.5, 0.6) is 5.75 Å². The number of benzene rings is 1. The summed E-state index contributed by atoms with van der Waals surface area (Å²) in [6.07, 6.45) is -2.00. The molecule has 0 bridgehead atoms. The van der Waals surface area contributed by atoms with Crippen LogP contribution in [0.4, 0.5) is 10.2 Å². The Morgan fingerprint density at radius 1 is 1.34 bits per heavy atom. The van der Waals surface area contributed by atoms with E-state index in [0.717, 1.165) is 16.3 Å². The number of aliphatic hydroxyl groups is 1. The van der Waals surface area contributed by atoms with E-state index in [1.807, 2.05) is 13.8 Å². The van der Waals surface area contributed by atoms with Gasteiger partial charge in [-0.3, -0.25) is 13.9 Å². The van der Waals surface area contributed by atoms with Gasteiger partial charge in [0.05, 0.1) is 11.9 Å². The van der Waals surface area contributed by atoms with Gasteiger partial charge < -0.3 is 20.5 Å². The number of nitrogens with two attached hydrogens (primary N) is 1. The van der Waals surface area contributed by atoms with E-state index in [0.29, 0.717) is 0 Å². The number of rotatable bonds is 11. The predicted octanol–water partition coefficient (Wildman–Crippen LogP) is 2.43. The number of aromatic nitrogens is 2. The van der Waals surface area contributed by atoms with Crippen molar-refractivity contribution in [3.63, 3.8) is 0 Å². The molecule has 11 nitrogen and oxygen atoms in total. The molecule has 0 radical (unpaired) electrons. The predicted molar refractivity (Wildman–Crippen MR) is 129 cm³/mol. The van der Waals surface area contributed by atoms with Gasteiger partial charge >= 0.3 is 19.4 Å². The molecule has 1 aliphatic rings. The molecule has 2 aromatic rings. The van der Waals surface area contributed by atoms with Crippen molar-refractivity contribution in [2.24, 2.45) is 5.92 Å². The summed E-state index contributed by atoms with van der Waals surface area (Å²) < 4.78 is 40.5. The first-order valence-corrected chi connectivity index (χ1v) is 13.3. The molecular weight excluding hydrogens is 502 g/mol. The Labute approximate surface area is 205 Å². The van der Waals surface area contributed by atoms with Crippen LogP contribution in [0.1, 0.15) is 25.6 Å². The molecule has 1 saturated heterocycles. The molecule has 1 fully saturated rings. The lowest BCUT2D eigenvalue weighted by Crippen LogP contribution is -2.38. The summed E-state index contributed by atoms with van der Waals surface area (Å²) in [6, 6.07) is 8.10. The van der Waals surface area contributed by atoms with Gasteiger partial charge in [-0.2, -0.15) is 10.1 Å². The molecule has 1 aromatic heterocycles. The minimum atomic E-state index is -4.29. The Hall–Kier alpha value is -2.44. The summed E-state index contributed by atoms with van der Waals surface area (Å²) in [5.74, 6) is -1.14. The number of hydrogen-bond donors (Lipinski definition) is 4. The SMILES string of the molecule is CC(C)CC(NP(=O)(OC[C@H]1S[C@@H](n2ccc(N)nc2=O)[C@@H](F)[C@@H]1O)Oc1ccccc1)C(=O)O. The molecule has 1 aliphatic heterocycles. The molecule has 3 rings (SSSR count). The van der Waals surface area contributed by atoms with Crippen molar-refractivity contribution < 1.29 is 33.0 Å². The number of anilines is 1. The van der Waals surface area contributed by atoms with Crippen LogP contribution in [0.3, 0.4) is 0 Å². The summed E-state index contributed by atoms with van der Waals surface area (Å²) in [6.45, 7) is 3.16. The highest BCUT2D eigenvalue weighted by molar-refractivity contribution is 8.00. The van der Waals surface area contributed by atoms with E-state index < -0.39 is 55.0 Å². The van der Waals surface area contributed by atoms with Gasteiger partial charge in [0.2, 0.25) is 0 Å². The second kappa shape index (κ2) is 11.5. The Balaban J connectivity index is 1.78. The number of nitrogen functional groups attached to an aromatic ring is 1. The summed E-state index contributed by atoms with van der Waals surface area (Å²) in [4.78, 5) is 27.4. The number of nitrogens with zero attached hydrogens (tertiary/aromatic N) is 2. The highest BCUT2D eigenvalue weighted by Crippen LogP contribution is 2.49. The summed E-state index contributed by atoms with van der Waals surface area (Å²) in [5, 5.41) is 20.4. The maximum Gasteiger partial charge on any atom is 0.459 e. The number of nitrogens with one attached hydrogen (secondary N) is 1. The summed E-state index contributed by atoms with van der Waals surface area (Å²) >= 11 is 0.894. The molecule has 6 atom stereocenters. The third-order valence-corrected chi connectivity index (χ3v) is 8.21. The first kappa shape index (κ1) is 27.2. The smallest absolute Gasteiger partial charge is 0.459 e. The van der Waals surface area contributed by atoms with Gasteiger partial charge in [0.15, 0.2) is 6.17 Å². The third kappa shape index (κ3) is 7.05. The number of aliphatic hydroxyl groups excluding tert-OH is 1. The molecule has 5 N–H and O–H groups in total. The number of hydrogen-bond acceptors (Lipinski definition) is 9. The second-order valence-electron chi connectivity index (χ2n) is 8.39. The van der Waals surface area contributed by atoms with Crippen molar-refractivity contribution in [3.05, 3.63) is 53.1 Å². The number of thioether (sulfide) groups is 1. The van der Waals surface area contributed by atoms with E-state index in [4.69, 9.17) is 14.8 Å². The van der Waals surface area contributed by atoms with E-state index in [1.165, 1.54) is 24.4 Å². The molecule has 1 aromatic carbocycles. The first-order chi connectivity index (χ1) is 16.5. The molecule has 2 unspecified atom stereocenters. The van der Waals surface area contributed by atoms with Gasteiger partial charge in [-0.25, -0.2) is 13.8 Å². The highest BCUT2D eigenvalue weighted by Gasteiger charge is 2.46. The monoisotopic (exact) mass is 530 g/mol. The van der Waals surface area contributed by atoms with Crippen molar-refractivity contribution in [2.75, 3.05) is 12.3 Å². The maximum atomic E-state index is 14.9. The quantitative estimate of drug-likeness (QED) is 0.315. The molecule has 0 saturated carbocycles. The standard InChI is InChI=1S/C21H28FN4O7PS/c1-12(2)10-14(20(28)29)25-34(31,33-13-6-4-3-5-7-13)32-11-15-18(27)17(22)19(35-15)26-9-8-16(23)24-21(26)30/h3-9,12,14-15,17-19,27H,10-11H2,1-2H3,(H,25,31)(H,28,29)(H2,23,24,30)/t14?,15-,17+,18-,19-,34?/m1/s1. The van der Waals surface area contributed by atoms with E-state index in [2.05, 4.69) is 10.1 Å². The maximum absolute atomic E-state index is 14.9. The molecule has 35 heavy (non-hydrogen) atoms. The highest BCUT2D eigenvalue weighted by atomic mass is 32.2. The van der Waals surface area contributed by atoms with Crippen molar-refractivity contribution >= 4 is 31.3 Å². The molecule has 2 heterocycles. The number of halogens is 1. The van der Waals surface area contributed by atoms with Crippen LogP contribution in [0.15, 0.2) is 47.4 Å². The molecule has 192 valence electrons. The van der Waals surface area contributed by atoms with Gasteiger partial charge in [-0.05, 0) is 30.5 Å². The van der Waals surface area contributed by atoms with Crippen molar-refractivity contribution in [1.82, 2.24) is 14.6 Å². The van der Waals surface area contributed by atoms with Crippen LogP contribution >= 0.6 is 19.5 Å². The van der Waals surface area contributed by atoms with E-state index >= 15 is 0 Å². The number of carboxylic acid groups (broad SMARTS) is 1. The fraction of sp³-hybridized carbons (Fsp3) is 0.476. The summed E-state index contributed by atoms with van der Waals surface area (Å²) in [7, 11) is -4.29. The van der Waals surface area contributed by atoms with Crippen LogP contribution in [-0.2, 0) is 13.9 Å². The average molecular weight is 531 g/mol. The Morgan fingerprint density at radius 2 is 2.03 bits per heavy atom. The van der Waals surface area contributed by atoms with Crippen molar-refractivity contribution in [2.45, 2.75) is 49.2 Å². The number of alkyl halides is 1. The molecule has 0 spiro atoms. The lowest BCUT2D eigenvalue weighted by molar-refractivity contribution is -0.139. The minimum Gasteiger partial charge on any atom is -0.480 e. The van der Waals surface area contributed by atoms with Crippen LogP contribution in [-0.4, -0.2) is 55.9 Å². The van der Waals surface area contributed by atoms with Crippen LogP contribution in [0.2, 0.25) is 0 Å². The lowest BCUT2D eigenvalue weighted by atomic mass is 10.1. The van der Waals surface area contributed by atoms with E-state index in [1.54, 1.807) is 18.2 Å². The summed E-state index contributed by atoms with van der Waals surface area (Å²) in [5.41, 5.74) is 4.70. The zero-order valence-electron chi connectivity index (χ0n) is 19.1. The first-order valence-electron chi connectivity index (χ1n) is 10.8. The molecule has 0 aliphatic carbocycles. The minimum absolute atomic E-state index is 0.0236. The molecular formula is C21H28FN4O7PS. The largest absolute Gasteiger partial charge is 0.480 e. The Bertz CT molecular complexity index is 1120. The number of carbonyl (C=O) groups is 1. The number of para-hydroxylation sites is 1. The van der Waals surface area contributed by atoms with E-state index in [9.17, 15) is 28.8 Å². The zero-order valence-corrected chi connectivity index (χ0v) is 20.8. The fourth-order valence-corrected chi connectivity index (χ4v) is 6.49. The topological polar surface area (TPSA) is 166 Å². The van der Waals surface area contributed by atoms with Gasteiger partial charge in [0, 0.05) is 6.20 Å². The normalized spacial score (nSPS) is 24.7. The number of carboxylic acids is 1. The van der Waals surface area contributed by atoms with Gasteiger partial charge in [0.25, 0.3) is 0 Å². The second-order valence-corrected chi connectivity index (χ2v) is 11.4. The van der Waals surface area contributed by atoms with Crippen molar-refractivity contribution in [1.29, 1.82) is 0 Å². The zero-order chi connectivity index (χ0) is 25.8. The van der Waals surface area contributed by atoms with Crippen LogP contribution in [0.25, 0.3) is 0 Å². The van der Waals surface area contributed by atoms with E-state index in [-0.39, 0.29) is 23.9 Å². The Morgan fingerprint density at radius 3 is 2.63 bits per heavy atom. The third-order valence-electron chi connectivity index (χ3n) is 5.12. The fourth-order valence-electron chi connectivity index (χ4n) is 3.44. The number of aliphatic carboxylic acids is 1. The van der Waals surface area contributed by atoms with Crippen LogP contribution < -0.4 is 21.0 Å². The van der Waals surface area contributed by atoms with Gasteiger partial charge in [-0.1, -0.05) is 32.0 Å². The van der Waals surface area contributed by atoms with Crippen molar-refractivity contribution in [3.8, 4) is 5.75 Å². The van der Waals surface area contributed by atoms with Crippen LogP contribution in [0, 0.1) is 5.92 Å². The lowest BCUT2D eigenvalue weighted by Gasteiger charge is -2.25. The molecule has 0 amide bonds. The Kier molecular flexibility index (Phi) is 8.94. The molecule has 14 heteroatoms.